The maximum Gasteiger partial charge on any atom is 1.00 e. The van der Waals surface area contributed by atoms with Crippen LogP contribution in [0.1, 0.15) is 40.5 Å². The standard InChI is InChI=1S/C10H22O3P.Na/c1-9(2)5-7-12-14(11)13-8-6-10(3)4;/h9-10H,5-8H2,1-4H3;/q-1;+1. The monoisotopic (exact) mass is 244 g/mol. The Bertz CT molecular complexity index is 120. The van der Waals surface area contributed by atoms with Gasteiger partial charge in [-0.2, -0.15) is 0 Å². The van der Waals surface area contributed by atoms with Crippen LogP contribution >= 0.6 is 8.60 Å². The van der Waals surface area contributed by atoms with Crippen LogP contribution in [0.4, 0.5) is 0 Å². The van der Waals surface area contributed by atoms with Crippen molar-refractivity contribution in [2.45, 2.75) is 40.5 Å². The van der Waals surface area contributed by atoms with Gasteiger partial charge in [-0.1, -0.05) is 27.7 Å². The summed E-state index contributed by atoms with van der Waals surface area (Å²) in [6.07, 6.45) is 1.85. The second-order valence-corrected chi connectivity index (χ2v) is 5.22. The molecule has 0 spiro atoms. The third-order valence-corrected chi connectivity index (χ3v) is 2.57. The van der Waals surface area contributed by atoms with E-state index in [1.165, 1.54) is 0 Å². The molecule has 5 heteroatoms. The molecule has 0 saturated carbocycles. The Kier molecular flexibility index (Phi) is 14.7. The Morgan fingerprint density at radius 3 is 1.53 bits per heavy atom. The van der Waals surface area contributed by atoms with Gasteiger partial charge >= 0.3 is 29.6 Å². The van der Waals surface area contributed by atoms with Crippen LogP contribution in [-0.4, -0.2) is 13.2 Å². The summed E-state index contributed by atoms with van der Waals surface area (Å²) in [6.45, 7) is 9.47. The molecule has 0 amide bonds. The van der Waals surface area contributed by atoms with Gasteiger partial charge in [0, 0.05) is 0 Å². The molecule has 0 aromatic heterocycles. The molecule has 0 aliphatic heterocycles. The molecule has 0 aromatic rings. The van der Waals surface area contributed by atoms with E-state index >= 15 is 0 Å². The van der Waals surface area contributed by atoms with E-state index in [2.05, 4.69) is 27.7 Å². The average molecular weight is 244 g/mol. The van der Waals surface area contributed by atoms with Crippen molar-refractivity contribution in [1.29, 1.82) is 0 Å². The molecular weight excluding hydrogens is 222 g/mol. The van der Waals surface area contributed by atoms with Crippen LogP contribution in [-0.2, 0) is 9.05 Å². The maximum atomic E-state index is 11.1. The molecular formula is C10H22NaO3P. The van der Waals surface area contributed by atoms with Gasteiger partial charge in [-0.05, 0) is 24.7 Å². The molecule has 86 valence electrons. The zero-order valence-corrected chi connectivity index (χ0v) is 13.5. The third-order valence-electron chi connectivity index (χ3n) is 1.78. The van der Waals surface area contributed by atoms with Gasteiger partial charge in [0.1, 0.15) is 0 Å². The molecule has 0 bridgehead atoms. The van der Waals surface area contributed by atoms with E-state index in [1.54, 1.807) is 0 Å². The number of hydrogen-bond acceptors (Lipinski definition) is 3. The Hall–Kier alpha value is 1.31. The van der Waals surface area contributed by atoms with Gasteiger partial charge in [0.25, 0.3) is 0 Å². The van der Waals surface area contributed by atoms with Gasteiger partial charge in [0.15, 0.2) is 0 Å². The molecule has 0 atom stereocenters. The first-order valence-electron chi connectivity index (χ1n) is 5.25. The second-order valence-electron chi connectivity index (χ2n) is 4.26. The van der Waals surface area contributed by atoms with E-state index in [0.717, 1.165) is 12.8 Å². The molecule has 0 radical (unpaired) electrons. The minimum absolute atomic E-state index is 0. The summed E-state index contributed by atoms with van der Waals surface area (Å²) in [6, 6.07) is 0. The van der Waals surface area contributed by atoms with Gasteiger partial charge in [0.2, 0.25) is 0 Å². The average Bonchev–Trinajstić information content (AvgIpc) is 2.02. The smallest absolute Gasteiger partial charge is 0.786 e. The predicted octanol–water partition coefficient (Wildman–Crippen LogP) is -0.297. The van der Waals surface area contributed by atoms with E-state index in [-0.39, 0.29) is 29.6 Å². The third kappa shape index (κ3) is 15.3. The summed E-state index contributed by atoms with van der Waals surface area (Å²) < 4.78 is 10.0. The van der Waals surface area contributed by atoms with Gasteiger partial charge in [-0.3, -0.25) is 0 Å². The van der Waals surface area contributed by atoms with Crippen LogP contribution in [0.25, 0.3) is 0 Å². The second kappa shape index (κ2) is 11.8. The molecule has 15 heavy (non-hydrogen) atoms. The van der Waals surface area contributed by atoms with Crippen LogP contribution in [0.3, 0.4) is 0 Å². The van der Waals surface area contributed by atoms with Crippen LogP contribution in [0.5, 0.6) is 0 Å². The summed E-state index contributed by atoms with van der Waals surface area (Å²) >= 11 is 0. The molecule has 0 saturated heterocycles. The fourth-order valence-electron chi connectivity index (χ4n) is 0.763. The Morgan fingerprint density at radius 2 is 1.27 bits per heavy atom. The van der Waals surface area contributed by atoms with Gasteiger partial charge in [-0.25, -0.2) is 0 Å². The SMILES string of the molecule is CC(C)CCOP([O-])OCCC(C)C.[Na+]. The summed E-state index contributed by atoms with van der Waals surface area (Å²) in [5, 5.41) is 0. The molecule has 3 nitrogen and oxygen atoms in total. The van der Waals surface area contributed by atoms with Crippen molar-refractivity contribution in [3.8, 4) is 0 Å². The molecule has 0 N–H and O–H groups in total. The van der Waals surface area contributed by atoms with Crippen LogP contribution in [0.15, 0.2) is 0 Å². The molecule has 0 unspecified atom stereocenters. The normalized spacial score (nSPS) is 11.2. The Morgan fingerprint density at radius 1 is 0.933 bits per heavy atom. The van der Waals surface area contributed by atoms with E-state index in [0.29, 0.717) is 25.0 Å². The first-order chi connectivity index (χ1) is 6.52. The summed E-state index contributed by atoms with van der Waals surface area (Å²) in [5.74, 6) is 1.16. The van der Waals surface area contributed by atoms with Crippen molar-refractivity contribution in [2.75, 3.05) is 13.2 Å². The largest absolute Gasteiger partial charge is 1.00 e. The minimum atomic E-state index is -1.89. The van der Waals surface area contributed by atoms with E-state index in [4.69, 9.17) is 9.05 Å². The number of hydrogen-bond donors (Lipinski definition) is 0. The van der Waals surface area contributed by atoms with Gasteiger partial charge < -0.3 is 13.9 Å². The molecule has 0 aliphatic rings. The van der Waals surface area contributed by atoms with Crippen molar-refractivity contribution in [3.05, 3.63) is 0 Å². The fourth-order valence-corrected chi connectivity index (χ4v) is 1.35. The van der Waals surface area contributed by atoms with Crippen LogP contribution < -0.4 is 34.5 Å². The first-order valence-corrected chi connectivity index (χ1v) is 6.35. The van der Waals surface area contributed by atoms with Crippen molar-refractivity contribution < 1.29 is 43.5 Å². The van der Waals surface area contributed by atoms with E-state index in [1.807, 2.05) is 0 Å². The van der Waals surface area contributed by atoms with E-state index in [9.17, 15) is 4.89 Å². The Labute approximate surface area is 117 Å². The van der Waals surface area contributed by atoms with Crippen molar-refractivity contribution in [3.63, 3.8) is 0 Å². The van der Waals surface area contributed by atoms with Crippen molar-refractivity contribution >= 4 is 8.60 Å². The molecule has 0 rings (SSSR count). The minimum Gasteiger partial charge on any atom is -0.786 e. The zero-order chi connectivity index (χ0) is 11.0. The quantitative estimate of drug-likeness (QED) is 0.435. The molecule has 0 heterocycles. The van der Waals surface area contributed by atoms with Crippen molar-refractivity contribution in [1.82, 2.24) is 0 Å². The summed E-state index contributed by atoms with van der Waals surface area (Å²) in [7, 11) is -1.89. The molecule has 0 aliphatic carbocycles. The Balaban J connectivity index is 0. The number of rotatable bonds is 8. The predicted molar refractivity (Wildman–Crippen MR) is 57.7 cm³/mol. The van der Waals surface area contributed by atoms with E-state index < -0.39 is 8.60 Å². The molecule has 0 fully saturated rings. The topological polar surface area (TPSA) is 41.5 Å². The zero-order valence-electron chi connectivity index (χ0n) is 10.7. The fraction of sp³-hybridized carbons (Fsp3) is 1.00. The molecule has 0 aromatic carbocycles. The van der Waals surface area contributed by atoms with Crippen molar-refractivity contribution in [2.24, 2.45) is 11.8 Å². The maximum absolute atomic E-state index is 11.1. The van der Waals surface area contributed by atoms with Gasteiger partial charge in [0.05, 0.1) is 21.8 Å². The van der Waals surface area contributed by atoms with Gasteiger partial charge in [-0.15, -0.1) is 0 Å². The summed E-state index contributed by atoms with van der Waals surface area (Å²) in [4.78, 5) is 11.1. The van der Waals surface area contributed by atoms with Crippen LogP contribution in [0, 0.1) is 11.8 Å². The summed E-state index contributed by atoms with van der Waals surface area (Å²) in [5.41, 5.74) is 0. The van der Waals surface area contributed by atoms with Crippen LogP contribution in [0.2, 0.25) is 0 Å². The first kappa shape index (κ1) is 18.7.